The summed E-state index contributed by atoms with van der Waals surface area (Å²) in [4.78, 5) is 15.1. The number of aromatic nitrogens is 3. The summed E-state index contributed by atoms with van der Waals surface area (Å²) in [5, 5.41) is 7.27. The van der Waals surface area contributed by atoms with Gasteiger partial charge < -0.3 is 4.42 Å². The summed E-state index contributed by atoms with van der Waals surface area (Å²) in [6, 6.07) is 62.0. The van der Waals surface area contributed by atoms with Gasteiger partial charge in [-0.1, -0.05) is 133 Å². The van der Waals surface area contributed by atoms with Crippen molar-refractivity contribution in [1.29, 1.82) is 0 Å². The van der Waals surface area contributed by atoms with Gasteiger partial charge in [-0.3, -0.25) is 0 Å². The Hall–Kier alpha value is -6.99. The van der Waals surface area contributed by atoms with E-state index in [1.165, 1.54) is 57.9 Å². The normalized spacial score (nSPS) is 11.9. The Labute approximate surface area is 335 Å². The molecule has 0 radical (unpaired) electrons. The SMILES string of the molecule is c1ccc(-c2nc(-c3ccccc3)nc(-c3cccc4c3sc3cc(-c5cc(-c6cccc7oc8ccccc8c67)cc6sc7ccccc7c56)ccc34)n2)cc1. The van der Waals surface area contributed by atoms with Crippen molar-refractivity contribution in [2.45, 2.75) is 0 Å². The third-order valence-corrected chi connectivity index (χ3v) is 13.3. The van der Waals surface area contributed by atoms with Crippen LogP contribution in [0.4, 0.5) is 0 Å². The van der Waals surface area contributed by atoms with Crippen LogP contribution in [0.3, 0.4) is 0 Å². The number of benzene rings is 8. The lowest BCUT2D eigenvalue weighted by Gasteiger charge is -2.11. The molecule has 4 nitrogen and oxygen atoms in total. The van der Waals surface area contributed by atoms with Gasteiger partial charge in [0.15, 0.2) is 17.5 Å². The summed E-state index contributed by atoms with van der Waals surface area (Å²) in [6.45, 7) is 0. The molecule has 0 N–H and O–H groups in total. The summed E-state index contributed by atoms with van der Waals surface area (Å²) in [5.41, 5.74) is 9.49. The molecule has 266 valence electrons. The Bertz CT molecular complexity index is 3470. The van der Waals surface area contributed by atoms with Crippen LogP contribution < -0.4 is 0 Å². The van der Waals surface area contributed by atoms with E-state index in [9.17, 15) is 0 Å². The summed E-state index contributed by atoms with van der Waals surface area (Å²) < 4.78 is 11.3. The standard InChI is InChI=1S/C51H29N3OS2/c1-3-13-30(14-4-1)49-52-50(31-15-5-2-6-16-31)54-51(53-49)39-21-11-20-36-35-26-25-32(28-44(35)57-48(36)39)40-27-33(29-45-47(40)38-18-8-10-24-43(38)56-45)34-19-12-23-42-46(34)37-17-7-9-22-41(37)55-42/h1-29H. The van der Waals surface area contributed by atoms with Gasteiger partial charge in [0.25, 0.3) is 0 Å². The summed E-state index contributed by atoms with van der Waals surface area (Å²) in [6.07, 6.45) is 0. The summed E-state index contributed by atoms with van der Waals surface area (Å²) >= 11 is 3.66. The average molecular weight is 764 g/mol. The molecule has 0 atom stereocenters. The van der Waals surface area contributed by atoms with Crippen molar-refractivity contribution in [3.05, 3.63) is 176 Å². The van der Waals surface area contributed by atoms with Crippen LogP contribution in [0.2, 0.25) is 0 Å². The van der Waals surface area contributed by atoms with E-state index >= 15 is 0 Å². The monoisotopic (exact) mass is 763 g/mol. The Balaban J connectivity index is 1.07. The molecule has 0 unspecified atom stereocenters. The maximum absolute atomic E-state index is 6.33. The predicted octanol–water partition coefficient (Wildman–Crippen LogP) is 14.8. The van der Waals surface area contributed by atoms with Crippen molar-refractivity contribution in [2.24, 2.45) is 0 Å². The highest BCUT2D eigenvalue weighted by Gasteiger charge is 2.20. The fourth-order valence-corrected chi connectivity index (χ4v) is 10.7. The largest absolute Gasteiger partial charge is 0.456 e. The maximum atomic E-state index is 6.33. The van der Waals surface area contributed by atoms with Gasteiger partial charge in [0.1, 0.15) is 11.2 Å². The predicted molar refractivity (Wildman–Crippen MR) is 240 cm³/mol. The molecular formula is C51H29N3OS2. The minimum Gasteiger partial charge on any atom is -0.456 e. The maximum Gasteiger partial charge on any atom is 0.165 e. The first-order chi connectivity index (χ1) is 28.2. The second-order valence-electron chi connectivity index (χ2n) is 14.3. The van der Waals surface area contributed by atoms with E-state index in [-0.39, 0.29) is 0 Å². The molecule has 0 aliphatic carbocycles. The highest BCUT2D eigenvalue weighted by atomic mass is 32.1. The molecule has 57 heavy (non-hydrogen) atoms. The van der Waals surface area contributed by atoms with Crippen LogP contribution in [-0.2, 0) is 0 Å². The van der Waals surface area contributed by atoms with E-state index in [4.69, 9.17) is 19.4 Å². The number of hydrogen-bond donors (Lipinski definition) is 0. The van der Waals surface area contributed by atoms with Gasteiger partial charge in [0.2, 0.25) is 0 Å². The van der Waals surface area contributed by atoms with Crippen LogP contribution in [-0.4, -0.2) is 15.0 Å². The molecule has 0 saturated heterocycles. The number of fused-ring (bicyclic) bond motifs is 9. The molecule has 0 saturated carbocycles. The van der Waals surface area contributed by atoms with Gasteiger partial charge >= 0.3 is 0 Å². The van der Waals surface area contributed by atoms with E-state index in [0.717, 1.165) is 43.3 Å². The Morgan fingerprint density at radius 3 is 1.77 bits per heavy atom. The third kappa shape index (κ3) is 5.22. The Kier molecular flexibility index (Phi) is 7.24. The second kappa shape index (κ2) is 12.8. The number of para-hydroxylation sites is 1. The first kappa shape index (κ1) is 32.3. The molecule has 12 rings (SSSR count). The van der Waals surface area contributed by atoms with E-state index in [1.54, 1.807) is 11.3 Å². The van der Waals surface area contributed by atoms with Gasteiger partial charge in [-0.2, -0.15) is 0 Å². The number of furan rings is 1. The van der Waals surface area contributed by atoms with E-state index in [1.807, 2.05) is 53.8 Å². The van der Waals surface area contributed by atoms with Gasteiger partial charge in [-0.15, -0.1) is 22.7 Å². The first-order valence-electron chi connectivity index (χ1n) is 18.9. The van der Waals surface area contributed by atoms with E-state index in [0.29, 0.717) is 17.5 Å². The lowest BCUT2D eigenvalue weighted by atomic mass is 9.92. The number of nitrogens with zero attached hydrogens (tertiary/aromatic N) is 3. The Morgan fingerprint density at radius 2 is 0.965 bits per heavy atom. The van der Waals surface area contributed by atoms with Gasteiger partial charge in [0.05, 0.1) is 0 Å². The molecular weight excluding hydrogens is 735 g/mol. The van der Waals surface area contributed by atoms with E-state index < -0.39 is 0 Å². The van der Waals surface area contributed by atoms with Crippen LogP contribution in [0.15, 0.2) is 180 Å². The fourth-order valence-electron chi connectivity index (χ4n) is 8.32. The van der Waals surface area contributed by atoms with Crippen LogP contribution in [0.25, 0.3) is 119 Å². The molecule has 0 aliphatic heterocycles. The van der Waals surface area contributed by atoms with E-state index in [2.05, 4.69) is 133 Å². The highest BCUT2D eigenvalue weighted by Crippen LogP contribution is 2.47. The quantitative estimate of drug-likeness (QED) is 0.175. The topological polar surface area (TPSA) is 51.8 Å². The zero-order chi connectivity index (χ0) is 37.5. The molecule has 0 amide bonds. The lowest BCUT2D eigenvalue weighted by Crippen LogP contribution is -2.00. The minimum absolute atomic E-state index is 0.658. The number of rotatable bonds is 5. The molecule has 0 bridgehead atoms. The smallest absolute Gasteiger partial charge is 0.165 e. The Morgan fingerprint density at radius 1 is 0.333 bits per heavy atom. The number of hydrogen-bond acceptors (Lipinski definition) is 6. The fraction of sp³-hybridized carbons (Fsp3) is 0. The van der Waals surface area contributed by atoms with Crippen molar-refractivity contribution >= 4 is 85.0 Å². The molecule has 4 aromatic heterocycles. The molecule has 4 heterocycles. The third-order valence-electron chi connectivity index (χ3n) is 10.9. The second-order valence-corrected chi connectivity index (χ2v) is 16.4. The molecule has 8 aromatic carbocycles. The first-order valence-corrected chi connectivity index (χ1v) is 20.6. The molecule has 0 spiro atoms. The minimum atomic E-state index is 0.658. The average Bonchev–Trinajstić information content (AvgIpc) is 3.97. The molecule has 0 aliphatic rings. The zero-order valence-corrected chi connectivity index (χ0v) is 31.9. The zero-order valence-electron chi connectivity index (χ0n) is 30.3. The van der Waals surface area contributed by atoms with Crippen molar-refractivity contribution in [3.63, 3.8) is 0 Å². The summed E-state index contributed by atoms with van der Waals surface area (Å²) in [5.74, 6) is 1.98. The van der Waals surface area contributed by atoms with Crippen molar-refractivity contribution in [1.82, 2.24) is 15.0 Å². The van der Waals surface area contributed by atoms with Crippen molar-refractivity contribution in [2.75, 3.05) is 0 Å². The van der Waals surface area contributed by atoms with Gasteiger partial charge in [-0.25, -0.2) is 15.0 Å². The molecule has 12 aromatic rings. The molecule has 6 heteroatoms. The van der Waals surface area contributed by atoms with Crippen LogP contribution in [0, 0.1) is 0 Å². The van der Waals surface area contributed by atoms with Crippen LogP contribution in [0.5, 0.6) is 0 Å². The van der Waals surface area contributed by atoms with Crippen molar-refractivity contribution in [3.8, 4) is 56.4 Å². The van der Waals surface area contributed by atoms with Crippen molar-refractivity contribution < 1.29 is 4.42 Å². The van der Waals surface area contributed by atoms with Crippen LogP contribution in [0.1, 0.15) is 0 Å². The number of thiophene rings is 2. The van der Waals surface area contributed by atoms with Crippen LogP contribution >= 0.6 is 22.7 Å². The highest BCUT2D eigenvalue weighted by molar-refractivity contribution is 7.26. The lowest BCUT2D eigenvalue weighted by molar-refractivity contribution is 0.669. The van der Waals surface area contributed by atoms with Gasteiger partial charge in [0, 0.05) is 67.8 Å². The molecule has 0 fully saturated rings. The van der Waals surface area contributed by atoms with Gasteiger partial charge in [-0.05, 0) is 64.7 Å². The summed E-state index contributed by atoms with van der Waals surface area (Å²) in [7, 11) is 0.